The summed E-state index contributed by atoms with van der Waals surface area (Å²) >= 11 is 0. The van der Waals surface area contributed by atoms with E-state index in [1.54, 1.807) is 0 Å². The van der Waals surface area contributed by atoms with Crippen LogP contribution in [0, 0.1) is 29.1 Å². The molecule has 0 spiro atoms. The van der Waals surface area contributed by atoms with Crippen LogP contribution in [0.2, 0.25) is 0 Å². The van der Waals surface area contributed by atoms with Gasteiger partial charge >= 0.3 is 0 Å². The van der Waals surface area contributed by atoms with Gasteiger partial charge in [0, 0.05) is 12.6 Å². The van der Waals surface area contributed by atoms with Crippen LogP contribution in [-0.2, 0) is 0 Å². The summed E-state index contributed by atoms with van der Waals surface area (Å²) in [5.74, 6) is 3.38. The molecule has 2 fully saturated rings. The number of likely N-dealkylation sites (tertiary alicyclic amines) is 1. The average Bonchev–Trinajstić information content (AvgIpc) is 2.40. The van der Waals surface area contributed by atoms with E-state index in [1.165, 1.54) is 51.7 Å². The Bertz CT molecular complexity index is 310. The molecular weight excluding hydrogens is 256 g/mol. The van der Waals surface area contributed by atoms with E-state index in [4.69, 9.17) is 5.73 Å². The van der Waals surface area contributed by atoms with Crippen LogP contribution in [0.1, 0.15) is 66.7 Å². The van der Waals surface area contributed by atoms with E-state index in [-0.39, 0.29) is 0 Å². The Balaban J connectivity index is 1.84. The second-order valence-corrected chi connectivity index (χ2v) is 9.18. The van der Waals surface area contributed by atoms with Crippen molar-refractivity contribution in [3.8, 4) is 0 Å². The highest BCUT2D eigenvalue weighted by molar-refractivity contribution is 4.89. The predicted molar refractivity (Wildman–Crippen MR) is 92.3 cm³/mol. The second-order valence-electron chi connectivity index (χ2n) is 9.18. The maximum Gasteiger partial charge on any atom is 0.00795 e. The fourth-order valence-electron chi connectivity index (χ4n) is 4.42. The molecule has 1 saturated heterocycles. The minimum Gasteiger partial charge on any atom is -0.327 e. The van der Waals surface area contributed by atoms with Crippen LogP contribution in [0.15, 0.2) is 0 Å². The molecule has 0 amide bonds. The van der Waals surface area contributed by atoms with Gasteiger partial charge in [-0.3, -0.25) is 0 Å². The summed E-state index contributed by atoms with van der Waals surface area (Å²) in [6.07, 6.45) is 6.69. The van der Waals surface area contributed by atoms with Crippen molar-refractivity contribution in [1.82, 2.24) is 4.90 Å². The van der Waals surface area contributed by atoms with Crippen molar-refractivity contribution in [2.45, 2.75) is 72.8 Å². The molecule has 124 valence electrons. The Morgan fingerprint density at radius 2 is 1.67 bits per heavy atom. The van der Waals surface area contributed by atoms with Crippen LogP contribution in [0.4, 0.5) is 0 Å². The third kappa shape index (κ3) is 4.69. The van der Waals surface area contributed by atoms with Crippen molar-refractivity contribution in [3.05, 3.63) is 0 Å². The third-order valence-electron chi connectivity index (χ3n) is 6.33. The van der Waals surface area contributed by atoms with Crippen molar-refractivity contribution in [2.24, 2.45) is 34.8 Å². The Morgan fingerprint density at radius 1 is 1.05 bits per heavy atom. The molecule has 2 aliphatic rings. The van der Waals surface area contributed by atoms with E-state index in [9.17, 15) is 0 Å². The van der Waals surface area contributed by atoms with Crippen LogP contribution >= 0.6 is 0 Å². The number of hydrogen-bond acceptors (Lipinski definition) is 2. The Hall–Kier alpha value is -0.0800. The van der Waals surface area contributed by atoms with Crippen LogP contribution in [0.5, 0.6) is 0 Å². The molecule has 0 bridgehead atoms. The first-order valence-electron chi connectivity index (χ1n) is 9.25. The molecule has 1 aliphatic heterocycles. The molecule has 0 radical (unpaired) electrons. The van der Waals surface area contributed by atoms with Gasteiger partial charge < -0.3 is 10.6 Å². The third-order valence-corrected chi connectivity index (χ3v) is 6.33. The lowest BCUT2D eigenvalue weighted by Crippen LogP contribution is -2.47. The lowest BCUT2D eigenvalue weighted by Gasteiger charge is -2.43. The Kier molecular flexibility index (Phi) is 5.76. The smallest absolute Gasteiger partial charge is 0.00795 e. The van der Waals surface area contributed by atoms with Crippen LogP contribution in [0.25, 0.3) is 0 Å². The van der Waals surface area contributed by atoms with Crippen LogP contribution in [-0.4, -0.2) is 30.6 Å². The van der Waals surface area contributed by atoms with Crippen molar-refractivity contribution >= 4 is 0 Å². The molecule has 2 nitrogen and oxygen atoms in total. The summed E-state index contributed by atoms with van der Waals surface area (Å²) in [6, 6.07) is 0.437. The summed E-state index contributed by atoms with van der Waals surface area (Å²) in [6.45, 7) is 15.8. The first kappa shape index (κ1) is 17.3. The van der Waals surface area contributed by atoms with Gasteiger partial charge in [0.2, 0.25) is 0 Å². The van der Waals surface area contributed by atoms with Crippen LogP contribution < -0.4 is 5.73 Å². The molecule has 2 heteroatoms. The number of nitrogens with two attached hydrogens (primary N) is 1. The summed E-state index contributed by atoms with van der Waals surface area (Å²) in [5, 5.41) is 0. The fraction of sp³-hybridized carbons (Fsp3) is 1.00. The van der Waals surface area contributed by atoms with Gasteiger partial charge in [0.25, 0.3) is 0 Å². The van der Waals surface area contributed by atoms with Gasteiger partial charge in [-0.25, -0.2) is 0 Å². The maximum atomic E-state index is 6.45. The minimum absolute atomic E-state index is 0.437. The molecule has 1 heterocycles. The summed E-state index contributed by atoms with van der Waals surface area (Å²) in [5.41, 5.74) is 6.90. The maximum absolute atomic E-state index is 6.45. The normalized spacial score (nSPS) is 33.6. The largest absolute Gasteiger partial charge is 0.327 e. The van der Waals surface area contributed by atoms with Gasteiger partial charge in [-0.05, 0) is 74.3 Å². The average molecular weight is 295 g/mol. The topological polar surface area (TPSA) is 29.3 Å². The molecule has 21 heavy (non-hydrogen) atoms. The van der Waals surface area contributed by atoms with Gasteiger partial charge in [0.1, 0.15) is 0 Å². The lowest BCUT2D eigenvalue weighted by molar-refractivity contribution is 0.0798. The van der Waals surface area contributed by atoms with E-state index in [2.05, 4.69) is 39.5 Å². The zero-order valence-electron chi connectivity index (χ0n) is 15.1. The zero-order valence-corrected chi connectivity index (χ0v) is 15.1. The van der Waals surface area contributed by atoms with Gasteiger partial charge in [0.15, 0.2) is 0 Å². The van der Waals surface area contributed by atoms with Crippen molar-refractivity contribution in [3.63, 3.8) is 0 Å². The molecule has 3 unspecified atom stereocenters. The van der Waals surface area contributed by atoms with E-state index in [0.717, 1.165) is 23.7 Å². The summed E-state index contributed by atoms with van der Waals surface area (Å²) in [7, 11) is 0. The van der Waals surface area contributed by atoms with E-state index < -0.39 is 0 Å². The number of nitrogens with zero attached hydrogens (tertiary/aromatic N) is 1. The highest BCUT2D eigenvalue weighted by Crippen LogP contribution is 2.40. The molecule has 2 rings (SSSR count). The number of rotatable bonds is 3. The summed E-state index contributed by atoms with van der Waals surface area (Å²) in [4.78, 5) is 2.70. The highest BCUT2D eigenvalue weighted by Gasteiger charge is 2.35. The molecule has 1 saturated carbocycles. The van der Waals surface area contributed by atoms with E-state index >= 15 is 0 Å². The van der Waals surface area contributed by atoms with Gasteiger partial charge in [-0.1, -0.05) is 34.6 Å². The monoisotopic (exact) mass is 294 g/mol. The second kappa shape index (κ2) is 7.00. The van der Waals surface area contributed by atoms with Gasteiger partial charge in [0.05, 0.1) is 0 Å². The van der Waals surface area contributed by atoms with E-state index in [0.29, 0.717) is 11.5 Å². The number of hydrogen-bond donors (Lipinski definition) is 1. The fourth-order valence-corrected chi connectivity index (χ4v) is 4.42. The highest BCUT2D eigenvalue weighted by atomic mass is 15.1. The molecule has 0 aromatic heterocycles. The van der Waals surface area contributed by atoms with Crippen molar-refractivity contribution < 1.29 is 0 Å². The minimum atomic E-state index is 0.437. The summed E-state index contributed by atoms with van der Waals surface area (Å²) < 4.78 is 0. The molecule has 1 aliphatic carbocycles. The Labute approximate surface area is 132 Å². The Morgan fingerprint density at radius 3 is 2.19 bits per heavy atom. The quantitative estimate of drug-likeness (QED) is 0.847. The zero-order chi connectivity index (χ0) is 15.6. The predicted octanol–water partition coefficient (Wildman–Crippen LogP) is 4.14. The molecule has 0 aromatic carbocycles. The first-order chi connectivity index (χ1) is 9.77. The first-order valence-corrected chi connectivity index (χ1v) is 9.25. The van der Waals surface area contributed by atoms with Gasteiger partial charge in [-0.2, -0.15) is 0 Å². The molecular formula is C19H38N2. The van der Waals surface area contributed by atoms with Crippen molar-refractivity contribution in [1.29, 1.82) is 0 Å². The molecule has 2 N–H and O–H groups in total. The van der Waals surface area contributed by atoms with Crippen molar-refractivity contribution in [2.75, 3.05) is 19.6 Å². The van der Waals surface area contributed by atoms with Gasteiger partial charge in [-0.15, -0.1) is 0 Å². The lowest BCUT2D eigenvalue weighted by atomic mass is 9.67. The van der Waals surface area contributed by atoms with E-state index in [1.807, 2.05) is 0 Å². The molecule has 3 atom stereocenters. The molecule has 0 aromatic rings. The standard InChI is InChI=1S/C19H38N2/c1-14(2)15-8-10-21(11-9-15)13-16-12-17(19(3,4)5)6-7-18(16)20/h14-18H,6-13,20H2,1-5H3. The van der Waals surface area contributed by atoms with Crippen LogP contribution in [0.3, 0.4) is 0 Å². The SMILES string of the molecule is CC(C)C1CCN(CC2CC(C(C)(C)C)CCC2N)CC1. The number of piperidine rings is 1.